The van der Waals surface area contributed by atoms with E-state index < -0.39 is 10.0 Å². The molecular formula is C7H10N3O2S. The summed E-state index contributed by atoms with van der Waals surface area (Å²) in [6.07, 6.45) is 4.72. The third-order valence-corrected chi connectivity index (χ3v) is 3.41. The van der Waals surface area contributed by atoms with Crippen molar-refractivity contribution >= 4 is 10.0 Å². The predicted molar refractivity (Wildman–Crippen MR) is 46.4 cm³/mol. The highest BCUT2D eigenvalue weighted by Gasteiger charge is 2.24. The number of H-pyrrole nitrogens is 1. The van der Waals surface area contributed by atoms with Crippen LogP contribution in [-0.2, 0) is 23.0 Å². The Hall–Kier alpha value is -0.880. The Labute approximate surface area is 76.8 Å². The van der Waals surface area contributed by atoms with Gasteiger partial charge in [-0.3, -0.25) is 5.10 Å². The van der Waals surface area contributed by atoms with Crippen molar-refractivity contribution in [2.24, 2.45) is 0 Å². The molecule has 0 atom stereocenters. The highest BCUT2D eigenvalue weighted by molar-refractivity contribution is 7.88. The highest BCUT2D eigenvalue weighted by atomic mass is 32.2. The molecule has 0 aromatic carbocycles. The van der Waals surface area contributed by atoms with Crippen molar-refractivity contribution in [3.8, 4) is 0 Å². The summed E-state index contributed by atoms with van der Waals surface area (Å²) in [5.74, 6) is 0. The van der Waals surface area contributed by atoms with Crippen LogP contribution >= 0.6 is 0 Å². The molecule has 0 aliphatic carbocycles. The molecule has 0 amide bonds. The van der Waals surface area contributed by atoms with Crippen LogP contribution in [0.3, 0.4) is 0 Å². The van der Waals surface area contributed by atoms with Crippen molar-refractivity contribution in [2.45, 2.75) is 13.0 Å². The Kier molecular flexibility index (Phi) is 1.88. The molecule has 0 unspecified atom stereocenters. The van der Waals surface area contributed by atoms with E-state index in [1.165, 1.54) is 10.6 Å². The van der Waals surface area contributed by atoms with Gasteiger partial charge in [-0.1, -0.05) is 0 Å². The Bertz CT molecular complexity index is 409. The zero-order chi connectivity index (χ0) is 9.47. The molecule has 1 aliphatic rings. The molecule has 0 saturated carbocycles. The minimum atomic E-state index is -3.07. The van der Waals surface area contributed by atoms with E-state index in [2.05, 4.69) is 16.4 Å². The van der Waals surface area contributed by atoms with Crippen LogP contribution in [0.15, 0.2) is 0 Å². The largest absolute Gasteiger partial charge is 0.280 e. The zero-order valence-corrected chi connectivity index (χ0v) is 8.06. The predicted octanol–water partition coefficient (Wildman–Crippen LogP) is -0.472. The van der Waals surface area contributed by atoms with Crippen molar-refractivity contribution < 1.29 is 8.42 Å². The molecular weight excluding hydrogens is 190 g/mol. The second-order valence-electron chi connectivity index (χ2n) is 3.14. The second kappa shape index (κ2) is 2.81. The van der Waals surface area contributed by atoms with Crippen LogP contribution in [0.2, 0.25) is 0 Å². The van der Waals surface area contributed by atoms with Crippen LogP contribution in [0.4, 0.5) is 0 Å². The van der Waals surface area contributed by atoms with Crippen LogP contribution in [0.25, 0.3) is 0 Å². The van der Waals surface area contributed by atoms with Crippen molar-refractivity contribution in [3.63, 3.8) is 0 Å². The fourth-order valence-corrected chi connectivity index (χ4v) is 2.20. The van der Waals surface area contributed by atoms with Gasteiger partial charge in [0.2, 0.25) is 10.0 Å². The Balaban J connectivity index is 2.27. The van der Waals surface area contributed by atoms with Gasteiger partial charge in [0.15, 0.2) is 0 Å². The summed E-state index contributed by atoms with van der Waals surface area (Å²) < 4.78 is 23.8. The van der Waals surface area contributed by atoms with Gasteiger partial charge in [-0.15, -0.1) is 0 Å². The maximum absolute atomic E-state index is 11.2. The number of rotatable bonds is 1. The van der Waals surface area contributed by atoms with Crippen LogP contribution in [0, 0.1) is 6.20 Å². The van der Waals surface area contributed by atoms with Gasteiger partial charge >= 0.3 is 0 Å². The highest BCUT2D eigenvalue weighted by Crippen LogP contribution is 2.17. The fourth-order valence-electron chi connectivity index (χ4n) is 1.41. The van der Waals surface area contributed by atoms with E-state index >= 15 is 0 Å². The van der Waals surface area contributed by atoms with Crippen LogP contribution < -0.4 is 0 Å². The van der Waals surface area contributed by atoms with E-state index in [9.17, 15) is 8.42 Å². The minimum absolute atomic E-state index is 0.394. The van der Waals surface area contributed by atoms with Crippen LogP contribution in [0.1, 0.15) is 11.3 Å². The van der Waals surface area contributed by atoms with Crippen LogP contribution in [-0.4, -0.2) is 35.7 Å². The van der Waals surface area contributed by atoms with Gasteiger partial charge in [0.05, 0.1) is 18.5 Å². The number of aromatic nitrogens is 2. The van der Waals surface area contributed by atoms with Gasteiger partial charge in [0.25, 0.3) is 0 Å². The first-order valence-corrected chi connectivity index (χ1v) is 5.81. The molecule has 0 fully saturated rings. The molecule has 6 heteroatoms. The summed E-state index contributed by atoms with van der Waals surface area (Å²) in [7, 11) is -3.07. The molecule has 71 valence electrons. The number of aromatic amines is 1. The van der Waals surface area contributed by atoms with Crippen molar-refractivity contribution in [2.75, 3.05) is 12.8 Å². The smallest absolute Gasteiger partial charge is 0.211 e. The van der Waals surface area contributed by atoms with Gasteiger partial charge in [0.1, 0.15) is 6.20 Å². The third kappa shape index (κ3) is 1.59. The van der Waals surface area contributed by atoms with Gasteiger partial charge in [-0.2, -0.15) is 9.40 Å². The molecule has 13 heavy (non-hydrogen) atoms. The lowest BCUT2D eigenvalue weighted by atomic mass is 10.1. The molecule has 2 rings (SSSR count). The van der Waals surface area contributed by atoms with Gasteiger partial charge in [-0.05, 0) is 6.42 Å². The number of hydrogen-bond donors (Lipinski definition) is 1. The Morgan fingerprint density at radius 2 is 2.38 bits per heavy atom. The first-order chi connectivity index (χ1) is 6.07. The lowest BCUT2D eigenvalue weighted by Crippen LogP contribution is -2.34. The third-order valence-electron chi connectivity index (χ3n) is 2.16. The second-order valence-corrected chi connectivity index (χ2v) is 5.12. The summed E-state index contributed by atoms with van der Waals surface area (Å²) >= 11 is 0. The van der Waals surface area contributed by atoms with Gasteiger partial charge in [-0.25, -0.2) is 8.42 Å². The average Bonchev–Trinajstić information content (AvgIpc) is 2.47. The molecule has 1 aliphatic heterocycles. The quantitative estimate of drug-likeness (QED) is 0.666. The standard InChI is InChI=1S/C7H10N3O2S/c1-13(11,12)10-3-2-6-4-8-9-7(6)5-10/h2-3,5H2,1H3,(H,8,9). The SMILES string of the molecule is CS(=O)(=O)N1CCc2[c]n[nH]c2C1. The first-order valence-electron chi connectivity index (χ1n) is 3.96. The van der Waals surface area contributed by atoms with Gasteiger partial charge in [0, 0.05) is 12.1 Å². The maximum atomic E-state index is 11.2. The monoisotopic (exact) mass is 200 g/mol. The summed E-state index contributed by atoms with van der Waals surface area (Å²) in [6.45, 7) is 0.923. The van der Waals surface area contributed by atoms with E-state index in [-0.39, 0.29) is 0 Å². The summed E-state index contributed by atoms with van der Waals surface area (Å²) in [5, 5.41) is 6.50. The normalized spacial score (nSPS) is 18.5. The number of sulfonamides is 1. The molecule has 5 nitrogen and oxygen atoms in total. The molecule has 1 aromatic heterocycles. The molecule has 1 aromatic rings. The molecule has 0 bridgehead atoms. The molecule has 0 spiro atoms. The Morgan fingerprint density at radius 1 is 1.62 bits per heavy atom. The van der Waals surface area contributed by atoms with Crippen molar-refractivity contribution in [1.29, 1.82) is 0 Å². The number of hydrogen-bond acceptors (Lipinski definition) is 3. The van der Waals surface area contributed by atoms with E-state index in [4.69, 9.17) is 0 Å². The van der Waals surface area contributed by atoms with Crippen molar-refractivity contribution in [3.05, 3.63) is 17.5 Å². The fraction of sp³-hybridized carbons (Fsp3) is 0.571. The first kappa shape index (κ1) is 8.71. The molecule has 1 N–H and O–H groups in total. The topological polar surface area (TPSA) is 66.1 Å². The lowest BCUT2D eigenvalue weighted by molar-refractivity contribution is 0.390. The van der Waals surface area contributed by atoms with E-state index in [1.54, 1.807) is 0 Å². The number of nitrogens with one attached hydrogen (secondary N) is 1. The van der Waals surface area contributed by atoms with E-state index in [0.29, 0.717) is 19.5 Å². The zero-order valence-electron chi connectivity index (χ0n) is 7.24. The van der Waals surface area contributed by atoms with E-state index in [1.807, 2.05) is 0 Å². The summed E-state index contributed by atoms with van der Waals surface area (Å²) in [4.78, 5) is 0. The summed E-state index contributed by atoms with van der Waals surface area (Å²) in [5.41, 5.74) is 1.86. The molecule has 2 heterocycles. The Morgan fingerprint density at radius 3 is 3.08 bits per heavy atom. The van der Waals surface area contributed by atoms with Gasteiger partial charge < -0.3 is 0 Å². The molecule has 1 radical (unpaired) electrons. The number of nitrogens with zero attached hydrogens (tertiary/aromatic N) is 2. The minimum Gasteiger partial charge on any atom is -0.280 e. The van der Waals surface area contributed by atoms with Crippen molar-refractivity contribution in [1.82, 2.24) is 14.5 Å². The van der Waals surface area contributed by atoms with Crippen LogP contribution in [0.5, 0.6) is 0 Å². The molecule has 0 saturated heterocycles. The van der Waals surface area contributed by atoms with E-state index in [0.717, 1.165) is 11.3 Å². The lowest BCUT2D eigenvalue weighted by Gasteiger charge is -2.23. The summed E-state index contributed by atoms with van der Waals surface area (Å²) in [6, 6.07) is 0. The average molecular weight is 200 g/mol. The number of fused-ring (bicyclic) bond motifs is 1. The maximum Gasteiger partial charge on any atom is 0.211 e.